The predicted octanol–water partition coefficient (Wildman–Crippen LogP) is 2.52. The lowest BCUT2D eigenvalue weighted by molar-refractivity contribution is -0.141. The van der Waals surface area contributed by atoms with E-state index in [0.29, 0.717) is 12.2 Å². The number of amides is 1. The van der Waals surface area contributed by atoms with Crippen molar-refractivity contribution in [2.75, 3.05) is 19.7 Å². The van der Waals surface area contributed by atoms with Gasteiger partial charge in [0.1, 0.15) is 0 Å². The molecule has 1 saturated heterocycles. The molecule has 150 valence electrons. The number of carbonyl (C=O) groups excluding carboxylic acids is 1. The molecule has 0 radical (unpaired) electrons. The minimum Gasteiger partial charge on any atom is -0.481 e. The maximum absolute atomic E-state index is 12.9. The first-order valence-corrected chi connectivity index (χ1v) is 8.51. The summed E-state index contributed by atoms with van der Waals surface area (Å²) in [5.41, 5.74) is 0.0218. The molecule has 2 aromatic rings. The Morgan fingerprint density at radius 2 is 2.11 bits per heavy atom. The lowest BCUT2D eigenvalue weighted by atomic mass is 10.1. The molecular formula is C18H18F3N3O4. The molecule has 0 spiro atoms. The largest absolute Gasteiger partial charge is 0.481 e. The zero-order valence-electron chi connectivity index (χ0n) is 14.9. The molecule has 1 atom stereocenters. The van der Waals surface area contributed by atoms with Crippen LogP contribution < -0.4 is 0 Å². The van der Waals surface area contributed by atoms with E-state index in [9.17, 15) is 22.8 Å². The van der Waals surface area contributed by atoms with Gasteiger partial charge < -0.3 is 14.7 Å². The second-order valence-corrected chi connectivity index (χ2v) is 6.45. The summed E-state index contributed by atoms with van der Waals surface area (Å²) >= 11 is 0. The van der Waals surface area contributed by atoms with Crippen LogP contribution >= 0.6 is 0 Å². The number of carbonyl (C=O) groups is 2. The molecule has 1 aliphatic heterocycles. The van der Waals surface area contributed by atoms with E-state index in [1.54, 1.807) is 6.92 Å². The Morgan fingerprint density at radius 3 is 2.79 bits per heavy atom. The molecule has 2 heterocycles. The smallest absolute Gasteiger partial charge is 0.416 e. The Balaban J connectivity index is 1.83. The van der Waals surface area contributed by atoms with E-state index in [2.05, 4.69) is 5.10 Å². The normalized spacial score (nSPS) is 17.6. The highest BCUT2D eigenvalue weighted by Gasteiger charge is 2.31. The summed E-state index contributed by atoms with van der Waals surface area (Å²) in [6.45, 7) is 2.22. The monoisotopic (exact) mass is 397 g/mol. The van der Waals surface area contributed by atoms with Gasteiger partial charge in [-0.1, -0.05) is 6.07 Å². The number of carboxylic acids is 1. The van der Waals surface area contributed by atoms with Crippen molar-refractivity contribution in [3.8, 4) is 5.69 Å². The molecule has 0 saturated carbocycles. The molecule has 1 N–H and O–H groups in total. The van der Waals surface area contributed by atoms with Crippen molar-refractivity contribution in [3.63, 3.8) is 0 Å². The van der Waals surface area contributed by atoms with Crippen LogP contribution in [0.2, 0.25) is 0 Å². The molecule has 7 nitrogen and oxygen atoms in total. The van der Waals surface area contributed by atoms with Crippen LogP contribution in [0.25, 0.3) is 5.69 Å². The third-order valence-electron chi connectivity index (χ3n) is 4.49. The molecule has 28 heavy (non-hydrogen) atoms. The number of rotatable bonds is 4. The zero-order valence-corrected chi connectivity index (χ0v) is 14.9. The fraction of sp³-hybridized carbons (Fsp3) is 0.389. The fourth-order valence-electron chi connectivity index (χ4n) is 3.09. The fourth-order valence-corrected chi connectivity index (χ4v) is 3.09. The number of benzene rings is 1. The molecule has 0 unspecified atom stereocenters. The van der Waals surface area contributed by atoms with E-state index in [-0.39, 0.29) is 36.7 Å². The van der Waals surface area contributed by atoms with Crippen molar-refractivity contribution < 1.29 is 32.6 Å². The van der Waals surface area contributed by atoms with Gasteiger partial charge in [-0.25, -0.2) is 4.68 Å². The number of nitrogens with zero attached hydrogens (tertiary/aromatic N) is 3. The summed E-state index contributed by atoms with van der Waals surface area (Å²) < 4.78 is 45.5. The Bertz CT molecular complexity index is 894. The number of alkyl halides is 3. The van der Waals surface area contributed by atoms with Crippen molar-refractivity contribution in [2.45, 2.75) is 25.6 Å². The van der Waals surface area contributed by atoms with Gasteiger partial charge >= 0.3 is 12.1 Å². The third-order valence-corrected chi connectivity index (χ3v) is 4.49. The summed E-state index contributed by atoms with van der Waals surface area (Å²) in [6, 6.07) is 4.68. The van der Waals surface area contributed by atoms with Gasteiger partial charge in [0.2, 0.25) is 0 Å². The van der Waals surface area contributed by atoms with E-state index < -0.39 is 23.8 Å². The van der Waals surface area contributed by atoms with Crippen molar-refractivity contribution in [1.29, 1.82) is 0 Å². The van der Waals surface area contributed by atoms with Crippen LogP contribution in [-0.4, -0.2) is 57.5 Å². The quantitative estimate of drug-likeness (QED) is 0.857. The Kier molecular flexibility index (Phi) is 5.41. The van der Waals surface area contributed by atoms with Crippen molar-refractivity contribution in [2.24, 2.45) is 0 Å². The first-order valence-electron chi connectivity index (χ1n) is 8.51. The van der Waals surface area contributed by atoms with Gasteiger partial charge in [0.25, 0.3) is 5.91 Å². The van der Waals surface area contributed by atoms with Crippen LogP contribution in [-0.2, 0) is 15.7 Å². The summed E-state index contributed by atoms with van der Waals surface area (Å²) in [5, 5.41) is 13.0. The molecular weight excluding hydrogens is 379 g/mol. The third kappa shape index (κ3) is 4.16. The molecule has 1 aromatic carbocycles. The zero-order chi connectivity index (χ0) is 20.5. The number of ether oxygens (including phenoxy) is 1. The van der Waals surface area contributed by atoms with Crippen LogP contribution in [0, 0.1) is 6.92 Å². The van der Waals surface area contributed by atoms with Crippen molar-refractivity contribution in [1.82, 2.24) is 14.7 Å². The van der Waals surface area contributed by atoms with E-state index in [0.717, 1.165) is 12.1 Å². The van der Waals surface area contributed by atoms with E-state index >= 15 is 0 Å². The average Bonchev–Trinajstić information content (AvgIpc) is 3.01. The summed E-state index contributed by atoms with van der Waals surface area (Å²) in [5.74, 6) is -1.39. The summed E-state index contributed by atoms with van der Waals surface area (Å²) in [7, 11) is 0. The second-order valence-electron chi connectivity index (χ2n) is 6.45. The van der Waals surface area contributed by atoms with E-state index in [1.807, 2.05) is 0 Å². The van der Waals surface area contributed by atoms with E-state index in [1.165, 1.54) is 27.9 Å². The molecule has 1 aliphatic rings. The maximum Gasteiger partial charge on any atom is 0.416 e. The van der Waals surface area contributed by atoms with Gasteiger partial charge in [0.05, 0.1) is 47.8 Å². The molecule has 0 bridgehead atoms. The topological polar surface area (TPSA) is 84.7 Å². The number of halogens is 3. The standard InChI is InChI=1S/C18H18F3N3O4/c1-11-15(17(27)23-5-6-28-14(10-23)8-16(25)26)9-22-24(11)13-4-2-3-12(7-13)18(19,20)21/h2-4,7,9,14H,5-6,8,10H2,1H3,(H,25,26)/t14-/m0/s1. The van der Waals surface area contributed by atoms with Crippen LogP contribution in [0.1, 0.15) is 28.0 Å². The van der Waals surface area contributed by atoms with Gasteiger partial charge in [-0.05, 0) is 25.1 Å². The van der Waals surface area contributed by atoms with Gasteiger partial charge in [0, 0.05) is 13.1 Å². The maximum atomic E-state index is 12.9. The SMILES string of the molecule is Cc1c(C(=O)N2CCO[C@@H](CC(=O)O)C2)cnn1-c1cccc(C(F)(F)F)c1. The van der Waals surface area contributed by atoms with Crippen molar-refractivity contribution >= 4 is 11.9 Å². The summed E-state index contributed by atoms with van der Waals surface area (Å²) in [4.78, 5) is 25.1. The number of aliphatic carboxylic acids is 1. The highest BCUT2D eigenvalue weighted by atomic mass is 19.4. The van der Waals surface area contributed by atoms with Gasteiger partial charge in [-0.15, -0.1) is 0 Å². The van der Waals surface area contributed by atoms with E-state index in [4.69, 9.17) is 9.84 Å². The van der Waals surface area contributed by atoms with Crippen LogP contribution in [0.15, 0.2) is 30.5 Å². The van der Waals surface area contributed by atoms with Gasteiger partial charge in [0.15, 0.2) is 0 Å². The van der Waals surface area contributed by atoms with Crippen LogP contribution in [0.3, 0.4) is 0 Å². The number of hydrogen-bond donors (Lipinski definition) is 1. The Morgan fingerprint density at radius 1 is 1.36 bits per heavy atom. The first-order chi connectivity index (χ1) is 13.2. The number of hydrogen-bond acceptors (Lipinski definition) is 4. The highest BCUT2D eigenvalue weighted by Crippen LogP contribution is 2.30. The molecule has 1 aromatic heterocycles. The predicted molar refractivity (Wildman–Crippen MR) is 91.2 cm³/mol. The number of morpholine rings is 1. The molecule has 1 amide bonds. The lowest BCUT2D eigenvalue weighted by Crippen LogP contribution is -2.46. The van der Waals surface area contributed by atoms with Gasteiger partial charge in [-0.3, -0.25) is 9.59 Å². The minimum atomic E-state index is -4.48. The highest BCUT2D eigenvalue weighted by molar-refractivity contribution is 5.95. The molecule has 3 rings (SSSR count). The first kappa shape index (κ1) is 19.9. The Hall–Kier alpha value is -2.88. The second kappa shape index (κ2) is 7.63. The molecule has 1 fully saturated rings. The molecule has 0 aliphatic carbocycles. The average molecular weight is 397 g/mol. The van der Waals surface area contributed by atoms with Crippen LogP contribution in [0.4, 0.5) is 13.2 Å². The Labute approximate surface area is 158 Å². The van der Waals surface area contributed by atoms with Crippen LogP contribution in [0.5, 0.6) is 0 Å². The lowest BCUT2D eigenvalue weighted by Gasteiger charge is -2.32. The minimum absolute atomic E-state index is 0.124. The van der Waals surface area contributed by atoms with Crippen molar-refractivity contribution in [3.05, 3.63) is 47.3 Å². The number of aromatic nitrogens is 2. The molecule has 10 heteroatoms. The van der Waals surface area contributed by atoms with Gasteiger partial charge in [-0.2, -0.15) is 18.3 Å². The number of carboxylic acid groups (broad SMARTS) is 1. The summed E-state index contributed by atoms with van der Waals surface area (Å²) in [6.07, 6.45) is -4.00.